The first-order valence-electron chi connectivity index (χ1n) is 7.88. The van der Waals surface area contributed by atoms with Crippen LogP contribution >= 0.6 is 39.5 Å². The zero-order valence-corrected chi connectivity index (χ0v) is 18.2. The number of thiocarbonyl (C=S) groups is 1. The van der Waals surface area contributed by atoms with Crippen LogP contribution in [0, 0.1) is 0 Å². The van der Waals surface area contributed by atoms with Crippen LogP contribution in [0.4, 0.5) is 11.4 Å². The van der Waals surface area contributed by atoms with E-state index in [1.165, 1.54) is 6.07 Å². The summed E-state index contributed by atoms with van der Waals surface area (Å²) in [5.74, 6) is -0.379. The molecule has 1 aromatic heterocycles. The number of sulfonamides is 1. The third-order valence-corrected chi connectivity index (χ3v) is 6.95. The van der Waals surface area contributed by atoms with Gasteiger partial charge in [-0.1, -0.05) is 40.2 Å². The van der Waals surface area contributed by atoms with E-state index in [2.05, 4.69) is 31.3 Å². The lowest BCUT2D eigenvalue weighted by Crippen LogP contribution is -2.34. The fraction of sp³-hybridized carbons (Fsp3) is 0. The molecule has 0 bridgehead atoms. The Kier molecular flexibility index (Phi) is 6.45. The Hall–Kier alpha value is -2.27. The lowest BCUT2D eigenvalue weighted by molar-refractivity contribution is 0.0977. The van der Waals surface area contributed by atoms with Crippen LogP contribution in [0.25, 0.3) is 0 Å². The molecule has 0 fully saturated rings. The van der Waals surface area contributed by atoms with E-state index in [9.17, 15) is 13.2 Å². The van der Waals surface area contributed by atoms with Crippen LogP contribution in [0.1, 0.15) is 10.4 Å². The van der Waals surface area contributed by atoms with Crippen molar-refractivity contribution in [2.24, 2.45) is 0 Å². The van der Waals surface area contributed by atoms with Gasteiger partial charge in [-0.2, -0.15) is 0 Å². The number of carbonyl (C=O) groups is 1. The van der Waals surface area contributed by atoms with E-state index in [4.69, 9.17) is 12.2 Å². The molecule has 0 radical (unpaired) electrons. The van der Waals surface area contributed by atoms with Crippen molar-refractivity contribution in [2.45, 2.75) is 4.21 Å². The summed E-state index contributed by atoms with van der Waals surface area (Å²) in [5.41, 5.74) is 1.17. The van der Waals surface area contributed by atoms with Crippen LogP contribution in [-0.4, -0.2) is 19.4 Å². The van der Waals surface area contributed by atoms with Gasteiger partial charge >= 0.3 is 0 Å². The van der Waals surface area contributed by atoms with Crippen molar-refractivity contribution in [3.8, 4) is 0 Å². The first-order valence-corrected chi connectivity index (χ1v) is 11.4. The minimum absolute atomic E-state index is 0.0488. The Bertz CT molecular complexity index is 1120. The molecule has 0 aliphatic carbocycles. The maximum atomic E-state index is 12.5. The van der Waals surface area contributed by atoms with Gasteiger partial charge in [-0.25, -0.2) is 8.42 Å². The first-order chi connectivity index (χ1) is 13.3. The fourth-order valence-electron chi connectivity index (χ4n) is 2.25. The second kappa shape index (κ2) is 8.82. The highest BCUT2D eigenvalue weighted by Gasteiger charge is 2.17. The molecule has 0 spiro atoms. The molecular formula is C18H14BrN3O3S3. The van der Waals surface area contributed by atoms with E-state index in [1.807, 2.05) is 6.07 Å². The molecule has 0 saturated heterocycles. The van der Waals surface area contributed by atoms with Crippen LogP contribution in [0.3, 0.4) is 0 Å². The lowest BCUT2D eigenvalue weighted by Gasteiger charge is -2.14. The third kappa shape index (κ3) is 5.16. The highest BCUT2D eigenvalue weighted by Crippen LogP contribution is 2.26. The molecule has 1 amide bonds. The van der Waals surface area contributed by atoms with Gasteiger partial charge in [-0.05, 0) is 54.0 Å². The molecule has 3 rings (SSSR count). The number of amides is 1. The van der Waals surface area contributed by atoms with Gasteiger partial charge in [0.2, 0.25) is 0 Å². The van der Waals surface area contributed by atoms with E-state index >= 15 is 0 Å². The molecule has 1 heterocycles. The number of para-hydroxylation sites is 2. The number of anilines is 2. The molecule has 28 heavy (non-hydrogen) atoms. The Morgan fingerprint density at radius 2 is 1.75 bits per heavy atom. The number of benzene rings is 2. The van der Waals surface area contributed by atoms with Gasteiger partial charge in [0.25, 0.3) is 15.9 Å². The summed E-state index contributed by atoms with van der Waals surface area (Å²) in [7, 11) is -3.71. The van der Waals surface area contributed by atoms with Crippen LogP contribution in [0.5, 0.6) is 0 Å². The van der Waals surface area contributed by atoms with Gasteiger partial charge < -0.3 is 5.32 Å². The van der Waals surface area contributed by atoms with Crippen molar-refractivity contribution in [3.63, 3.8) is 0 Å². The average Bonchev–Trinajstić information content (AvgIpc) is 3.19. The Labute approximate surface area is 180 Å². The fourth-order valence-corrected chi connectivity index (χ4v) is 4.93. The quantitative estimate of drug-likeness (QED) is 0.455. The summed E-state index contributed by atoms with van der Waals surface area (Å²) < 4.78 is 28.4. The largest absolute Gasteiger partial charge is 0.331 e. The van der Waals surface area contributed by atoms with Crippen molar-refractivity contribution in [3.05, 3.63) is 76.1 Å². The molecule has 6 nitrogen and oxygen atoms in total. The zero-order valence-electron chi connectivity index (χ0n) is 14.2. The molecule has 0 saturated carbocycles. The van der Waals surface area contributed by atoms with Crippen molar-refractivity contribution in [2.75, 3.05) is 10.0 Å². The van der Waals surface area contributed by atoms with Gasteiger partial charge in [-0.15, -0.1) is 11.3 Å². The summed E-state index contributed by atoms with van der Waals surface area (Å²) in [6, 6.07) is 16.7. The predicted octanol–water partition coefficient (Wildman–Crippen LogP) is 4.44. The monoisotopic (exact) mass is 495 g/mol. The van der Waals surface area contributed by atoms with Crippen molar-refractivity contribution in [1.82, 2.24) is 5.32 Å². The van der Waals surface area contributed by atoms with E-state index < -0.39 is 10.0 Å². The Balaban J connectivity index is 1.73. The van der Waals surface area contributed by atoms with Crippen molar-refractivity contribution < 1.29 is 13.2 Å². The van der Waals surface area contributed by atoms with Gasteiger partial charge in [0.15, 0.2) is 5.11 Å². The summed E-state index contributed by atoms with van der Waals surface area (Å²) >= 11 is 9.63. The van der Waals surface area contributed by atoms with Crippen LogP contribution < -0.4 is 15.4 Å². The average molecular weight is 496 g/mol. The number of hydrogen-bond acceptors (Lipinski definition) is 5. The number of hydrogen-bond donors (Lipinski definition) is 3. The number of carbonyl (C=O) groups excluding carboxylic acids is 1. The highest BCUT2D eigenvalue weighted by atomic mass is 79.9. The Morgan fingerprint density at radius 3 is 2.43 bits per heavy atom. The molecule has 0 aliphatic rings. The van der Waals surface area contributed by atoms with Crippen LogP contribution in [0.15, 0.2) is 74.7 Å². The van der Waals surface area contributed by atoms with Crippen LogP contribution in [0.2, 0.25) is 0 Å². The maximum Gasteiger partial charge on any atom is 0.271 e. The maximum absolute atomic E-state index is 12.5. The van der Waals surface area contributed by atoms with Crippen LogP contribution in [-0.2, 0) is 10.0 Å². The lowest BCUT2D eigenvalue weighted by atomic mass is 10.2. The third-order valence-electron chi connectivity index (χ3n) is 3.49. The number of thiophene rings is 1. The second-order valence-electron chi connectivity index (χ2n) is 5.50. The molecule has 3 aromatic rings. The summed E-state index contributed by atoms with van der Waals surface area (Å²) in [6.45, 7) is 0. The topological polar surface area (TPSA) is 87.3 Å². The molecule has 3 N–H and O–H groups in total. The predicted molar refractivity (Wildman–Crippen MR) is 119 cm³/mol. The van der Waals surface area contributed by atoms with Gasteiger partial charge in [0.1, 0.15) is 4.21 Å². The first kappa shape index (κ1) is 20.5. The number of halogens is 1. The molecule has 0 unspecified atom stereocenters. The summed E-state index contributed by atoms with van der Waals surface area (Å²) in [4.78, 5) is 12.3. The van der Waals surface area contributed by atoms with Crippen molar-refractivity contribution >= 4 is 71.9 Å². The smallest absolute Gasteiger partial charge is 0.271 e. The van der Waals surface area contributed by atoms with E-state index in [-0.39, 0.29) is 15.2 Å². The van der Waals surface area contributed by atoms with E-state index in [0.717, 1.165) is 15.8 Å². The molecule has 2 aromatic carbocycles. The zero-order chi connectivity index (χ0) is 20.1. The molecular weight excluding hydrogens is 482 g/mol. The summed E-state index contributed by atoms with van der Waals surface area (Å²) in [5, 5.41) is 7.17. The number of rotatable bonds is 5. The highest BCUT2D eigenvalue weighted by molar-refractivity contribution is 9.10. The second-order valence-corrected chi connectivity index (χ2v) is 9.68. The van der Waals surface area contributed by atoms with Gasteiger partial charge in [0.05, 0.1) is 11.4 Å². The van der Waals surface area contributed by atoms with Gasteiger partial charge in [-0.3, -0.25) is 14.8 Å². The number of nitrogens with one attached hydrogen (secondary N) is 3. The van der Waals surface area contributed by atoms with Crippen molar-refractivity contribution in [1.29, 1.82) is 0 Å². The SMILES string of the molecule is O=C(NC(=S)Nc1ccccc1NS(=O)(=O)c1cccs1)c1cccc(Br)c1. The van der Waals surface area contributed by atoms with E-state index in [0.29, 0.717) is 16.9 Å². The molecule has 144 valence electrons. The molecule has 10 heteroatoms. The molecule has 0 aliphatic heterocycles. The molecule has 0 atom stereocenters. The normalized spacial score (nSPS) is 10.9. The van der Waals surface area contributed by atoms with Gasteiger partial charge in [0, 0.05) is 10.0 Å². The Morgan fingerprint density at radius 1 is 1.00 bits per heavy atom. The minimum Gasteiger partial charge on any atom is -0.331 e. The summed E-state index contributed by atoms with van der Waals surface area (Å²) in [6.07, 6.45) is 0. The minimum atomic E-state index is -3.71. The standard InChI is InChI=1S/C18H14BrN3O3S3/c19-13-6-3-5-12(11-13)17(23)21-18(26)20-14-7-1-2-8-15(14)22-28(24,25)16-9-4-10-27-16/h1-11,22H,(H2,20,21,23,26). The van der Waals surface area contributed by atoms with E-state index in [1.54, 1.807) is 53.9 Å².